The van der Waals surface area contributed by atoms with Crippen molar-refractivity contribution in [3.63, 3.8) is 0 Å². The van der Waals surface area contributed by atoms with Gasteiger partial charge in [-0.2, -0.15) is 0 Å². The van der Waals surface area contributed by atoms with Crippen molar-refractivity contribution < 1.29 is 18.0 Å². The molecular formula is C23H22ClN3O4S. The van der Waals surface area contributed by atoms with E-state index < -0.39 is 15.9 Å². The molecule has 0 aliphatic carbocycles. The van der Waals surface area contributed by atoms with Crippen LogP contribution in [0.25, 0.3) is 0 Å². The fraction of sp³-hybridized carbons (Fsp3) is 0.130. The summed E-state index contributed by atoms with van der Waals surface area (Å²) in [7, 11) is -3.96. The quantitative estimate of drug-likeness (QED) is 0.448. The maximum Gasteiger partial charge on any atom is 0.261 e. The summed E-state index contributed by atoms with van der Waals surface area (Å²) in [6, 6.07) is 17.3. The molecule has 9 heteroatoms. The molecule has 0 radical (unpaired) electrons. The first-order valence-electron chi connectivity index (χ1n) is 9.79. The molecule has 2 amide bonds. The standard InChI is InChI=1S/C23H22ClN3O4S/c1-3-22(28)25-17-12-11-15(2)21(14-17)26-23(29)16-7-6-8-18(13-16)32(30,31)27-20-10-5-4-9-19(20)24/h4-14,27H,3H2,1-2H3,(H,25,28)(H,26,29). The predicted molar refractivity (Wildman–Crippen MR) is 127 cm³/mol. The Morgan fingerprint density at radius 2 is 1.66 bits per heavy atom. The van der Waals surface area contributed by atoms with Crippen LogP contribution in [0.5, 0.6) is 0 Å². The first-order chi connectivity index (χ1) is 15.2. The van der Waals surface area contributed by atoms with Crippen molar-refractivity contribution in [3.8, 4) is 0 Å². The number of anilines is 3. The van der Waals surface area contributed by atoms with Crippen molar-refractivity contribution in [2.45, 2.75) is 25.2 Å². The minimum atomic E-state index is -3.96. The molecule has 0 fully saturated rings. The zero-order valence-corrected chi connectivity index (χ0v) is 19.0. The third-order valence-corrected chi connectivity index (χ3v) is 6.31. The van der Waals surface area contributed by atoms with Gasteiger partial charge in [-0.05, 0) is 55.0 Å². The summed E-state index contributed by atoms with van der Waals surface area (Å²) in [6.45, 7) is 3.56. The molecule has 0 heterocycles. The first-order valence-corrected chi connectivity index (χ1v) is 11.6. The number of aryl methyl sites for hydroxylation is 1. The van der Waals surface area contributed by atoms with E-state index in [0.717, 1.165) is 5.56 Å². The molecule has 32 heavy (non-hydrogen) atoms. The first kappa shape index (κ1) is 23.3. The number of halogens is 1. The van der Waals surface area contributed by atoms with Crippen LogP contribution in [-0.2, 0) is 14.8 Å². The number of nitrogens with one attached hydrogen (secondary N) is 3. The van der Waals surface area contributed by atoms with Gasteiger partial charge in [0.2, 0.25) is 5.91 Å². The fourth-order valence-corrected chi connectivity index (χ4v) is 4.19. The summed E-state index contributed by atoms with van der Waals surface area (Å²) in [5.41, 5.74) is 2.25. The molecule has 166 valence electrons. The second-order valence-electron chi connectivity index (χ2n) is 7.00. The van der Waals surface area contributed by atoms with E-state index in [-0.39, 0.29) is 27.1 Å². The van der Waals surface area contributed by atoms with Gasteiger partial charge in [-0.3, -0.25) is 14.3 Å². The average molecular weight is 472 g/mol. The molecule has 3 N–H and O–H groups in total. The van der Waals surface area contributed by atoms with E-state index in [1.54, 1.807) is 49.4 Å². The third-order valence-electron chi connectivity index (χ3n) is 4.62. The summed E-state index contributed by atoms with van der Waals surface area (Å²) < 4.78 is 28.0. The number of carbonyl (C=O) groups excluding carboxylic acids is 2. The van der Waals surface area contributed by atoms with Crippen molar-refractivity contribution >= 4 is 50.5 Å². The van der Waals surface area contributed by atoms with Gasteiger partial charge in [-0.15, -0.1) is 0 Å². The van der Waals surface area contributed by atoms with Gasteiger partial charge in [0.05, 0.1) is 15.6 Å². The Hall–Kier alpha value is -3.36. The zero-order valence-electron chi connectivity index (χ0n) is 17.5. The Kier molecular flexibility index (Phi) is 7.17. The number of hydrogen-bond donors (Lipinski definition) is 3. The second-order valence-corrected chi connectivity index (χ2v) is 9.09. The maximum absolute atomic E-state index is 12.8. The number of benzene rings is 3. The van der Waals surface area contributed by atoms with E-state index >= 15 is 0 Å². The number of amides is 2. The van der Waals surface area contributed by atoms with Crippen LogP contribution < -0.4 is 15.4 Å². The van der Waals surface area contributed by atoms with E-state index in [1.165, 1.54) is 24.3 Å². The molecule has 3 aromatic carbocycles. The average Bonchev–Trinajstić information content (AvgIpc) is 2.77. The molecular weight excluding hydrogens is 450 g/mol. The Morgan fingerprint density at radius 1 is 0.906 bits per heavy atom. The van der Waals surface area contributed by atoms with Crippen LogP contribution in [0.2, 0.25) is 5.02 Å². The molecule has 0 spiro atoms. The van der Waals surface area contributed by atoms with Crippen LogP contribution in [0.3, 0.4) is 0 Å². The molecule has 3 rings (SSSR count). The normalized spacial score (nSPS) is 11.0. The van der Waals surface area contributed by atoms with E-state index in [1.807, 2.05) is 6.92 Å². The summed E-state index contributed by atoms with van der Waals surface area (Å²) in [4.78, 5) is 24.4. The number of rotatable bonds is 7. The minimum absolute atomic E-state index is 0.0780. The lowest BCUT2D eigenvalue weighted by atomic mass is 10.1. The van der Waals surface area contributed by atoms with Crippen molar-refractivity contribution in [1.29, 1.82) is 0 Å². The Balaban J connectivity index is 1.82. The topological polar surface area (TPSA) is 104 Å². The fourth-order valence-electron chi connectivity index (χ4n) is 2.83. The molecule has 0 aromatic heterocycles. The monoisotopic (exact) mass is 471 g/mol. The highest BCUT2D eigenvalue weighted by molar-refractivity contribution is 7.92. The van der Waals surface area contributed by atoms with Crippen LogP contribution >= 0.6 is 11.6 Å². The van der Waals surface area contributed by atoms with Crippen LogP contribution in [0.4, 0.5) is 17.1 Å². The lowest BCUT2D eigenvalue weighted by Crippen LogP contribution is -2.16. The molecule has 7 nitrogen and oxygen atoms in total. The van der Waals surface area contributed by atoms with Gasteiger partial charge in [0.25, 0.3) is 15.9 Å². The van der Waals surface area contributed by atoms with Crippen molar-refractivity contribution in [3.05, 3.63) is 82.9 Å². The van der Waals surface area contributed by atoms with Crippen molar-refractivity contribution in [2.24, 2.45) is 0 Å². The Morgan fingerprint density at radius 3 is 2.38 bits per heavy atom. The maximum atomic E-state index is 12.8. The van der Waals surface area contributed by atoms with Crippen LogP contribution in [0.15, 0.2) is 71.6 Å². The summed E-state index contributed by atoms with van der Waals surface area (Å²) in [6.07, 6.45) is 0.332. The molecule has 0 atom stereocenters. The molecule has 0 unspecified atom stereocenters. The molecule has 0 saturated heterocycles. The van der Waals surface area contributed by atoms with E-state index in [9.17, 15) is 18.0 Å². The summed E-state index contributed by atoms with van der Waals surface area (Å²) >= 11 is 6.04. The van der Waals surface area contributed by atoms with Crippen LogP contribution in [0, 0.1) is 6.92 Å². The smallest absolute Gasteiger partial charge is 0.261 e. The number of para-hydroxylation sites is 1. The van der Waals surface area contributed by atoms with E-state index in [2.05, 4.69) is 15.4 Å². The van der Waals surface area contributed by atoms with Gasteiger partial charge < -0.3 is 10.6 Å². The molecule has 0 aliphatic rings. The van der Waals surface area contributed by atoms with Crippen molar-refractivity contribution in [2.75, 3.05) is 15.4 Å². The SMILES string of the molecule is CCC(=O)Nc1ccc(C)c(NC(=O)c2cccc(S(=O)(=O)Nc3ccccc3Cl)c2)c1. The zero-order chi connectivity index (χ0) is 23.3. The van der Waals surface area contributed by atoms with Gasteiger partial charge in [0.1, 0.15) is 0 Å². The highest BCUT2D eigenvalue weighted by Crippen LogP contribution is 2.25. The summed E-state index contributed by atoms with van der Waals surface area (Å²) in [5, 5.41) is 5.77. The predicted octanol–water partition coefficient (Wildman–Crippen LogP) is 5.05. The Labute approximate surface area is 191 Å². The molecule has 0 saturated carbocycles. The number of sulfonamides is 1. The Bertz CT molecular complexity index is 1280. The van der Waals surface area contributed by atoms with E-state index in [0.29, 0.717) is 17.8 Å². The van der Waals surface area contributed by atoms with Gasteiger partial charge in [0, 0.05) is 23.4 Å². The van der Waals surface area contributed by atoms with Gasteiger partial charge in [0.15, 0.2) is 0 Å². The van der Waals surface area contributed by atoms with Gasteiger partial charge in [-0.25, -0.2) is 8.42 Å². The van der Waals surface area contributed by atoms with E-state index in [4.69, 9.17) is 11.6 Å². The molecule has 0 bridgehead atoms. The van der Waals surface area contributed by atoms with Crippen LogP contribution in [-0.4, -0.2) is 20.2 Å². The largest absolute Gasteiger partial charge is 0.326 e. The highest BCUT2D eigenvalue weighted by Gasteiger charge is 2.18. The van der Waals surface area contributed by atoms with Crippen LogP contribution in [0.1, 0.15) is 29.3 Å². The lowest BCUT2D eigenvalue weighted by Gasteiger charge is -2.13. The van der Waals surface area contributed by atoms with Crippen molar-refractivity contribution in [1.82, 2.24) is 0 Å². The number of hydrogen-bond acceptors (Lipinski definition) is 4. The third kappa shape index (κ3) is 5.66. The summed E-state index contributed by atoms with van der Waals surface area (Å²) in [5.74, 6) is -0.628. The molecule has 3 aromatic rings. The minimum Gasteiger partial charge on any atom is -0.326 e. The van der Waals surface area contributed by atoms with Gasteiger partial charge in [-0.1, -0.05) is 42.8 Å². The second kappa shape index (κ2) is 9.84. The number of carbonyl (C=O) groups is 2. The molecule has 0 aliphatic heterocycles. The highest BCUT2D eigenvalue weighted by atomic mass is 35.5. The van der Waals surface area contributed by atoms with Gasteiger partial charge >= 0.3 is 0 Å². The lowest BCUT2D eigenvalue weighted by molar-refractivity contribution is -0.115.